The summed E-state index contributed by atoms with van der Waals surface area (Å²) in [5.41, 5.74) is 2.84. The van der Waals surface area contributed by atoms with Crippen molar-refractivity contribution in [2.75, 3.05) is 32.8 Å². The van der Waals surface area contributed by atoms with E-state index in [1.165, 1.54) is 5.56 Å². The molecule has 1 saturated heterocycles. The Morgan fingerprint density at radius 2 is 1.71 bits per heavy atom. The fourth-order valence-electron chi connectivity index (χ4n) is 4.46. The molecular weight excluding hydrogens is 388 g/mol. The van der Waals surface area contributed by atoms with Crippen molar-refractivity contribution in [2.45, 2.75) is 13.0 Å². The van der Waals surface area contributed by atoms with Crippen molar-refractivity contribution in [3.8, 4) is 0 Å². The molecule has 158 valence electrons. The van der Waals surface area contributed by atoms with Crippen LogP contribution in [0.3, 0.4) is 0 Å². The molecule has 1 amide bonds. The molecule has 1 aliphatic heterocycles. The van der Waals surface area contributed by atoms with Crippen molar-refractivity contribution in [2.24, 2.45) is 0 Å². The van der Waals surface area contributed by atoms with Gasteiger partial charge in [-0.25, -0.2) is 0 Å². The van der Waals surface area contributed by atoms with Crippen LogP contribution >= 0.6 is 0 Å². The Balaban J connectivity index is 1.41. The lowest BCUT2D eigenvalue weighted by Crippen LogP contribution is -2.43. The summed E-state index contributed by atoms with van der Waals surface area (Å²) in [6.07, 6.45) is 0. The van der Waals surface area contributed by atoms with Crippen LogP contribution in [0, 0.1) is 6.92 Å². The molecule has 1 fully saturated rings. The molecule has 0 radical (unpaired) electrons. The third-order valence-electron chi connectivity index (χ3n) is 6.16. The molecule has 1 unspecified atom stereocenters. The SMILES string of the molecule is Cc1c(C(=O)NCC(c2ccccc2)N2CCOCC2)oc2c1ccc1ccccc12. The highest BCUT2D eigenvalue weighted by molar-refractivity contribution is 6.08. The fraction of sp³-hybridized carbons (Fsp3) is 0.269. The third kappa shape index (κ3) is 3.82. The van der Waals surface area contributed by atoms with Crippen LogP contribution in [0.5, 0.6) is 0 Å². The number of morpholine rings is 1. The lowest BCUT2D eigenvalue weighted by Gasteiger charge is -2.34. The predicted molar refractivity (Wildman–Crippen MR) is 122 cm³/mol. The van der Waals surface area contributed by atoms with Crippen LogP contribution in [0.25, 0.3) is 21.7 Å². The van der Waals surface area contributed by atoms with Crippen LogP contribution in [0.2, 0.25) is 0 Å². The topological polar surface area (TPSA) is 54.7 Å². The van der Waals surface area contributed by atoms with E-state index in [4.69, 9.17) is 9.15 Å². The zero-order valence-corrected chi connectivity index (χ0v) is 17.6. The van der Waals surface area contributed by atoms with Crippen molar-refractivity contribution in [1.29, 1.82) is 0 Å². The summed E-state index contributed by atoms with van der Waals surface area (Å²) < 4.78 is 11.6. The highest BCUT2D eigenvalue weighted by Gasteiger charge is 2.25. The van der Waals surface area contributed by atoms with Crippen LogP contribution < -0.4 is 5.32 Å². The summed E-state index contributed by atoms with van der Waals surface area (Å²) in [6, 6.07) is 22.6. The maximum atomic E-state index is 13.1. The number of nitrogens with one attached hydrogen (secondary N) is 1. The van der Waals surface area contributed by atoms with Gasteiger partial charge in [-0.15, -0.1) is 0 Å². The number of aryl methyl sites for hydroxylation is 1. The number of carbonyl (C=O) groups is 1. The van der Waals surface area contributed by atoms with Crippen LogP contribution in [0.4, 0.5) is 0 Å². The second kappa shape index (κ2) is 8.53. The Kier molecular flexibility index (Phi) is 5.45. The maximum absolute atomic E-state index is 13.1. The van der Waals surface area contributed by atoms with Gasteiger partial charge >= 0.3 is 0 Å². The monoisotopic (exact) mass is 414 g/mol. The number of nitrogens with zero attached hydrogens (tertiary/aromatic N) is 1. The second-order valence-corrected chi connectivity index (χ2v) is 8.00. The molecule has 5 heteroatoms. The minimum atomic E-state index is -0.174. The van der Waals surface area contributed by atoms with Gasteiger partial charge in [-0.2, -0.15) is 0 Å². The highest BCUT2D eigenvalue weighted by Crippen LogP contribution is 2.32. The highest BCUT2D eigenvalue weighted by atomic mass is 16.5. The van der Waals surface area contributed by atoms with E-state index in [9.17, 15) is 4.79 Å². The quantitative estimate of drug-likeness (QED) is 0.514. The van der Waals surface area contributed by atoms with Gasteiger partial charge in [0.2, 0.25) is 0 Å². The first-order valence-electron chi connectivity index (χ1n) is 10.8. The van der Waals surface area contributed by atoms with Crippen LogP contribution in [-0.2, 0) is 4.74 Å². The Morgan fingerprint density at radius 3 is 2.52 bits per heavy atom. The summed E-state index contributed by atoms with van der Waals surface area (Å²) in [5, 5.41) is 6.24. The first-order chi connectivity index (χ1) is 15.2. The van der Waals surface area contributed by atoms with Gasteiger partial charge in [-0.1, -0.05) is 66.7 Å². The van der Waals surface area contributed by atoms with E-state index < -0.39 is 0 Å². The van der Waals surface area contributed by atoms with Crippen molar-refractivity contribution >= 4 is 27.6 Å². The minimum Gasteiger partial charge on any atom is -0.450 e. The lowest BCUT2D eigenvalue weighted by atomic mass is 10.0. The van der Waals surface area contributed by atoms with E-state index in [-0.39, 0.29) is 11.9 Å². The van der Waals surface area contributed by atoms with Gasteiger partial charge in [0.05, 0.1) is 19.3 Å². The van der Waals surface area contributed by atoms with Gasteiger partial charge in [-0.3, -0.25) is 9.69 Å². The molecule has 0 spiro atoms. The molecule has 1 aromatic heterocycles. The number of carbonyl (C=O) groups excluding carboxylic acids is 1. The average molecular weight is 415 g/mol. The smallest absolute Gasteiger partial charge is 0.287 e. The van der Waals surface area contributed by atoms with Gasteiger partial charge in [0, 0.05) is 36.0 Å². The van der Waals surface area contributed by atoms with Gasteiger partial charge in [0.25, 0.3) is 5.91 Å². The molecule has 5 nitrogen and oxygen atoms in total. The van der Waals surface area contributed by atoms with Crippen molar-refractivity contribution in [3.05, 3.63) is 83.6 Å². The molecule has 1 N–H and O–H groups in total. The molecule has 2 heterocycles. The number of furan rings is 1. The number of hydrogen-bond donors (Lipinski definition) is 1. The van der Waals surface area contributed by atoms with E-state index in [1.807, 2.05) is 49.4 Å². The molecule has 1 aliphatic rings. The Bertz CT molecular complexity index is 1210. The number of ether oxygens (including phenoxy) is 1. The Hall–Kier alpha value is -3.15. The molecule has 0 bridgehead atoms. The lowest BCUT2D eigenvalue weighted by molar-refractivity contribution is 0.0161. The third-order valence-corrected chi connectivity index (χ3v) is 6.16. The zero-order valence-electron chi connectivity index (χ0n) is 17.6. The molecule has 0 aliphatic carbocycles. The molecule has 5 rings (SSSR count). The molecule has 3 aromatic carbocycles. The molecule has 31 heavy (non-hydrogen) atoms. The predicted octanol–water partition coefficient (Wildman–Crippen LogP) is 4.70. The standard InChI is InChI=1S/C26H26N2O3/c1-18-21-12-11-19-7-5-6-10-22(19)25(21)31-24(18)26(29)27-17-23(20-8-3-2-4-9-20)28-13-15-30-16-14-28/h2-12,23H,13-17H2,1H3,(H,27,29). The maximum Gasteiger partial charge on any atom is 0.287 e. The number of benzene rings is 3. The van der Waals surface area contributed by atoms with Crippen LogP contribution in [-0.4, -0.2) is 43.7 Å². The molecule has 4 aromatic rings. The summed E-state index contributed by atoms with van der Waals surface area (Å²) in [5.74, 6) is 0.215. The normalized spacial score (nSPS) is 15.9. The number of hydrogen-bond acceptors (Lipinski definition) is 4. The van der Waals surface area contributed by atoms with Gasteiger partial charge < -0.3 is 14.5 Å². The number of fused-ring (bicyclic) bond motifs is 3. The summed E-state index contributed by atoms with van der Waals surface area (Å²) in [6.45, 7) is 5.60. The Labute approximate surface area is 181 Å². The average Bonchev–Trinajstić information content (AvgIpc) is 3.17. The van der Waals surface area contributed by atoms with Crippen LogP contribution in [0.15, 0.2) is 71.1 Å². The zero-order chi connectivity index (χ0) is 21.2. The van der Waals surface area contributed by atoms with Crippen molar-refractivity contribution in [3.63, 3.8) is 0 Å². The first-order valence-corrected chi connectivity index (χ1v) is 10.8. The first kappa shape index (κ1) is 19.8. The van der Waals surface area contributed by atoms with Gasteiger partial charge in [0.15, 0.2) is 5.76 Å². The molecule has 0 saturated carbocycles. The molecule has 1 atom stereocenters. The summed E-state index contributed by atoms with van der Waals surface area (Å²) in [4.78, 5) is 15.5. The number of rotatable bonds is 5. The number of amides is 1. The summed E-state index contributed by atoms with van der Waals surface area (Å²) >= 11 is 0. The van der Waals surface area contributed by atoms with E-state index in [0.717, 1.165) is 40.4 Å². The van der Waals surface area contributed by atoms with Gasteiger partial charge in [-0.05, 0) is 17.9 Å². The largest absolute Gasteiger partial charge is 0.450 e. The van der Waals surface area contributed by atoms with Gasteiger partial charge in [0.1, 0.15) is 5.58 Å². The van der Waals surface area contributed by atoms with Crippen molar-refractivity contribution in [1.82, 2.24) is 10.2 Å². The fourth-order valence-corrected chi connectivity index (χ4v) is 4.46. The minimum absolute atomic E-state index is 0.0968. The van der Waals surface area contributed by atoms with Crippen LogP contribution in [0.1, 0.15) is 27.7 Å². The molecular formula is C26H26N2O3. The summed E-state index contributed by atoms with van der Waals surface area (Å²) in [7, 11) is 0. The van der Waals surface area contributed by atoms with E-state index in [1.54, 1.807) is 0 Å². The van der Waals surface area contributed by atoms with E-state index in [0.29, 0.717) is 25.5 Å². The second-order valence-electron chi connectivity index (χ2n) is 8.00. The Morgan fingerprint density at radius 1 is 0.968 bits per heavy atom. The van der Waals surface area contributed by atoms with Crippen molar-refractivity contribution < 1.29 is 13.9 Å². The van der Waals surface area contributed by atoms with E-state index >= 15 is 0 Å². The van der Waals surface area contributed by atoms with E-state index in [2.05, 4.69) is 34.5 Å².